The number of benzene rings is 1. The van der Waals surface area contributed by atoms with Crippen molar-refractivity contribution in [1.82, 2.24) is 9.97 Å². The number of aromatic nitrogens is 2. The molecule has 0 aliphatic carbocycles. The van der Waals surface area contributed by atoms with E-state index >= 15 is 0 Å². The highest BCUT2D eigenvalue weighted by Crippen LogP contribution is 2.29. The van der Waals surface area contributed by atoms with Gasteiger partial charge in [-0.25, -0.2) is 15.3 Å². The van der Waals surface area contributed by atoms with Crippen molar-refractivity contribution in [2.45, 2.75) is 32.1 Å². The van der Waals surface area contributed by atoms with Gasteiger partial charge in [-0.3, -0.25) is 4.98 Å². The molecule has 3 aromatic rings. The lowest BCUT2D eigenvalue weighted by molar-refractivity contribution is 0.629. The van der Waals surface area contributed by atoms with Crippen LogP contribution in [-0.4, -0.2) is 28.9 Å². The molecule has 2 heterocycles. The molecule has 7 nitrogen and oxygen atoms in total. The summed E-state index contributed by atoms with van der Waals surface area (Å²) in [6.45, 7) is 1.65. The zero-order chi connectivity index (χ0) is 19.8. The molecule has 0 radical (unpaired) electrons. The molecule has 28 heavy (non-hydrogen) atoms. The minimum atomic E-state index is 0.354. The lowest BCUT2D eigenvalue weighted by atomic mass is 10.1. The van der Waals surface area contributed by atoms with Crippen LogP contribution in [0.5, 0.6) is 0 Å². The summed E-state index contributed by atoms with van der Waals surface area (Å²) >= 11 is 0. The number of nitrogens with two attached hydrogens (primary N) is 1. The first-order chi connectivity index (χ1) is 13.8. The van der Waals surface area contributed by atoms with E-state index in [2.05, 4.69) is 29.6 Å². The van der Waals surface area contributed by atoms with Gasteiger partial charge in [-0.1, -0.05) is 31.4 Å². The summed E-state index contributed by atoms with van der Waals surface area (Å²) in [7, 11) is 2.25. The summed E-state index contributed by atoms with van der Waals surface area (Å²) < 4.78 is 3.98. The highest BCUT2D eigenvalue weighted by atomic mass is 31.0. The molecule has 146 valence electrons. The molecule has 4 N–H and O–H groups in total. The lowest BCUT2D eigenvalue weighted by Crippen LogP contribution is -2.05. The Morgan fingerprint density at radius 3 is 2.68 bits per heavy atom. The van der Waals surface area contributed by atoms with Gasteiger partial charge in [0.25, 0.3) is 0 Å². The molecule has 1 unspecified atom stereocenters. The monoisotopic (exact) mass is 395 g/mol. The van der Waals surface area contributed by atoms with Crippen molar-refractivity contribution in [3.63, 3.8) is 0 Å². The first kappa shape index (κ1) is 20.2. The third kappa shape index (κ3) is 4.66. The van der Waals surface area contributed by atoms with Crippen molar-refractivity contribution in [3.8, 4) is 0 Å². The van der Waals surface area contributed by atoms with Crippen LogP contribution in [0, 0.1) is 5.53 Å². The molecule has 0 fully saturated rings. The molecular formula is C20H26N7P. The number of nitrogens with zero attached hydrogens (tertiary/aromatic N) is 4. The number of hydrogen-bond donors (Lipinski definition) is 3. The normalized spacial score (nSPS) is 11.9. The quantitative estimate of drug-likeness (QED) is 0.122. The largest absolute Gasteiger partial charge is 0.370 e. The van der Waals surface area contributed by atoms with E-state index in [1.54, 1.807) is 6.20 Å². The van der Waals surface area contributed by atoms with E-state index in [1.165, 1.54) is 19.3 Å². The first-order valence-electron chi connectivity index (χ1n) is 9.55. The second-order valence-electron chi connectivity index (χ2n) is 6.66. The van der Waals surface area contributed by atoms with Crippen LogP contribution in [0.4, 0.5) is 5.82 Å². The van der Waals surface area contributed by atoms with Crippen LogP contribution in [0.2, 0.25) is 0 Å². The Labute approximate surface area is 167 Å². The Kier molecular flexibility index (Phi) is 7.34. The summed E-state index contributed by atoms with van der Waals surface area (Å²) in [5.41, 5.74) is 14.4. The van der Waals surface area contributed by atoms with E-state index in [4.69, 9.17) is 16.2 Å². The Morgan fingerprint density at radius 1 is 1.07 bits per heavy atom. The average Bonchev–Trinajstić information content (AvgIpc) is 2.74. The van der Waals surface area contributed by atoms with Crippen molar-refractivity contribution < 1.29 is 0 Å². The standard InChI is InChI=1S/C20H26N7P/c21-9-4-2-1-3-5-10-24-20-16-8-11-23-13-17(16)15-7-6-14(12-18(15)25-20)19(26-22)27-28/h6-8,11-13,22H,1-5,9-10,21,28H2,(H,24,25)/b26-22?,27-19-. The number of hydrogen-bond acceptors (Lipinski definition) is 6. The SMILES string of the molecule is N=N/C(=N\P)c1ccc2c(c1)nc(NCCCCCCCN)c1ccncc12. The number of amidine groups is 1. The maximum Gasteiger partial charge on any atom is 0.179 e. The highest BCUT2D eigenvalue weighted by molar-refractivity contribution is 7.15. The average molecular weight is 395 g/mol. The third-order valence-electron chi connectivity index (χ3n) is 4.76. The summed E-state index contributed by atoms with van der Waals surface area (Å²) in [4.78, 5) is 9.13. The van der Waals surface area contributed by atoms with Gasteiger partial charge in [0.15, 0.2) is 5.84 Å². The Morgan fingerprint density at radius 2 is 1.89 bits per heavy atom. The molecule has 0 amide bonds. The van der Waals surface area contributed by atoms with Gasteiger partial charge in [0, 0.05) is 40.7 Å². The fourth-order valence-corrected chi connectivity index (χ4v) is 3.50. The number of fused-ring (bicyclic) bond motifs is 3. The maximum absolute atomic E-state index is 7.28. The number of nitrogens with one attached hydrogen (secondary N) is 2. The van der Waals surface area contributed by atoms with Crippen LogP contribution in [0.15, 0.2) is 46.5 Å². The van der Waals surface area contributed by atoms with E-state index in [0.29, 0.717) is 5.84 Å². The van der Waals surface area contributed by atoms with Gasteiger partial charge in [0.1, 0.15) is 5.82 Å². The molecule has 0 aliphatic rings. The van der Waals surface area contributed by atoms with E-state index < -0.39 is 0 Å². The zero-order valence-corrected chi connectivity index (χ0v) is 17.0. The predicted molar refractivity (Wildman–Crippen MR) is 119 cm³/mol. The summed E-state index contributed by atoms with van der Waals surface area (Å²) in [6.07, 6.45) is 9.46. The Balaban J connectivity index is 1.86. The van der Waals surface area contributed by atoms with Crippen LogP contribution in [0.25, 0.3) is 21.7 Å². The van der Waals surface area contributed by atoms with Crippen LogP contribution in [-0.2, 0) is 0 Å². The Hall–Kier alpha value is -2.50. The first-order valence-corrected chi connectivity index (χ1v) is 10.1. The van der Waals surface area contributed by atoms with Crippen molar-refractivity contribution in [2.24, 2.45) is 15.6 Å². The molecule has 0 bridgehead atoms. The van der Waals surface area contributed by atoms with Crippen molar-refractivity contribution >= 4 is 42.7 Å². The lowest BCUT2D eigenvalue weighted by Gasteiger charge is -2.12. The minimum absolute atomic E-state index is 0.354. The molecule has 2 aromatic heterocycles. The second kappa shape index (κ2) is 10.2. The molecule has 8 heteroatoms. The van der Waals surface area contributed by atoms with E-state index in [1.807, 2.05) is 30.5 Å². The smallest absolute Gasteiger partial charge is 0.179 e. The molecule has 0 aliphatic heterocycles. The predicted octanol–water partition coefficient (Wildman–Crippen LogP) is 4.67. The van der Waals surface area contributed by atoms with Gasteiger partial charge in [-0.2, -0.15) is 0 Å². The number of pyridine rings is 2. The van der Waals surface area contributed by atoms with Gasteiger partial charge in [0.05, 0.1) is 5.52 Å². The number of anilines is 1. The van der Waals surface area contributed by atoms with Crippen LogP contribution < -0.4 is 11.1 Å². The molecule has 1 atom stereocenters. The summed E-state index contributed by atoms with van der Waals surface area (Å²) in [5.74, 6) is 1.21. The van der Waals surface area contributed by atoms with E-state index in [0.717, 1.165) is 59.0 Å². The molecular weight excluding hydrogens is 369 g/mol. The van der Waals surface area contributed by atoms with Crippen LogP contribution in [0.3, 0.4) is 0 Å². The molecule has 0 saturated heterocycles. The van der Waals surface area contributed by atoms with Crippen LogP contribution >= 0.6 is 9.39 Å². The second-order valence-corrected chi connectivity index (χ2v) is 6.92. The molecule has 0 spiro atoms. The van der Waals surface area contributed by atoms with Crippen molar-refractivity contribution in [3.05, 3.63) is 42.2 Å². The van der Waals surface area contributed by atoms with Gasteiger partial charge < -0.3 is 11.1 Å². The van der Waals surface area contributed by atoms with Gasteiger partial charge in [-0.05, 0) is 40.9 Å². The van der Waals surface area contributed by atoms with E-state index in [-0.39, 0.29) is 0 Å². The van der Waals surface area contributed by atoms with Gasteiger partial charge in [-0.15, -0.1) is 5.11 Å². The fourth-order valence-electron chi connectivity index (χ4n) is 3.30. The highest BCUT2D eigenvalue weighted by Gasteiger charge is 2.10. The van der Waals surface area contributed by atoms with Gasteiger partial charge in [0.2, 0.25) is 0 Å². The fraction of sp³-hybridized carbons (Fsp3) is 0.350. The number of unbranched alkanes of at least 4 members (excludes halogenated alkanes) is 4. The maximum atomic E-state index is 7.28. The zero-order valence-electron chi connectivity index (χ0n) is 15.9. The van der Waals surface area contributed by atoms with Gasteiger partial charge >= 0.3 is 0 Å². The topological polar surface area (TPSA) is 112 Å². The molecule has 0 saturated carbocycles. The van der Waals surface area contributed by atoms with Crippen LogP contribution in [0.1, 0.15) is 37.7 Å². The Bertz CT molecular complexity index is 987. The minimum Gasteiger partial charge on any atom is -0.370 e. The number of rotatable bonds is 9. The third-order valence-corrected chi connectivity index (χ3v) is 5.00. The molecule has 3 rings (SSSR count). The van der Waals surface area contributed by atoms with Crippen molar-refractivity contribution in [1.29, 1.82) is 5.53 Å². The van der Waals surface area contributed by atoms with E-state index in [9.17, 15) is 0 Å². The summed E-state index contributed by atoms with van der Waals surface area (Å²) in [5, 5.41) is 10.1. The molecule has 1 aromatic carbocycles. The van der Waals surface area contributed by atoms with Crippen molar-refractivity contribution in [2.75, 3.05) is 18.4 Å². The summed E-state index contributed by atoms with van der Waals surface area (Å²) in [6, 6.07) is 7.81.